The van der Waals surface area contributed by atoms with Gasteiger partial charge in [0.1, 0.15) is 5.75 Å². The topological polar surface area (TPSA) is 25.4 Å². The molecule has 1 heterocycles. The summed E-state index contributed by atoms with van der Waals surface area (Å²) in [6.45, 7) is 5.05. The second kappa shape index (κ2) is 9.55. The Morgan fingerprint density at radius 1 is 0.800 bits per heavy atom. The maximum absolute atomic E-state index is 5.33. The van der Waals surface area contributed by atoms with E-state index in [2.05, 4.69) is 84.6 Å². The van der Waals surface area contributed by atoms with E-state index in [9.17, 15) is 0 Å². The van der Waals surface area contributed by atoms with Gasteiger partial charge in [0.05, 0.1) is 12.6 Å². The molecule has 152 valence electrons. The first-order valence-corrected chi connectivity index (χ1v) is 10.5. The molecule has 0 aliphatic heterocycles. The van der Waals surface area contributed by atoms with Crippen molar-refractivity contribution in [2.45, 2.75) is 25.9 Å². The molecule has 3 nitrogen and oxygen atoms in total. The maximum Gasteiger partial charge on any atom is 0.119 e. The molecule has 1 atom stereocenters. The first-order chi connectivity index (χ1) is 14.7. The highest BCUT2D eigenvalue weighted by molar-refractivity contribution is 5.80. The van der Waals surface area contributed by atoms with E-state index in [1.165, 1.54) is 11.1 Å². The van der Waals surface area contributed by atoms with E-state index < -0.39 is 0 Å². The zero-order valence-corrected chi connectivity index (χ0v) is 17.7. The Morgan fingerprint density at radius 2 is 1.43 bits per heavy atom. The molecule has 4 rings (SSSR count). The fourth-order valence-electron chi connectivity index (χ4n) is 3.87. The summed E-state index contributed by atoms with van der Waals surface area (Å²) in [7, 11) is 1.69. The van der Waals surface area contributed by atoms with Crippen molar-refractivity contribution in [2.24, 2.45) is 0 Å². The molecule has 3 aromatic carbocycles. The van der Waals surface area contributed by atoms with Crippen LogP contribution in [0.4, 0.5) is 0 Å². The average Bonchev–Trinajstić information content (AvgIpc) is 2.79. The van der Waals surface area contributed by atoms with E-state index in [1.54, 1.807) is 7.11 Å². The number of pyridine rings is 1. The minimum Gasteiger partial charge on any atom is -0.497 e. The number of ether oxygens (including phenoxy) is 1. The van der Waals surface area contributed by atoms with Gasteiger partial charge in [-0.05, 0) is 35.4 Å². The lowest BCUT2D eigenvalue weighted by Gasteiger charge is -2.26. The Bertz CT molecular complexity index is 1040. The summed E-state index contributed by atoms with van der Waals surface area (Å²) in [6, 6.07) is 31.7. The lowest BCUT2D eigenvalue weighted by atomic mass is 10.0. The molecule has 4 aromatic rings. The highest BCUT2D eigenvalue weighted by Crippen LogP contribution is 2.24. The number of rotatable bonds is 8. The minimum atomic E-state index is 0.323. The van der Waals surface area contributed by atoms with Crippen molar-refractivity contribution in [2.75, 3.05) is 13.7 Å². The van der Waals surface area contributed by atoms with Gasteiger partial charge in [-0.15, -0.1) is 0 Å². The normalized spacial score (nSPS) is 12.2. The number of hydrogen-bond donors (Lipinski definition) is 0. The highest BCUT2D eigenvalue weighted by atomic mass is 16.5. The average molecular weight is 397 g/mol. The summed E-state index contributed by atoms with van der Waals surface area (Å²) in [6.07, 6.45) is 0. The van der Waals surface area contributed by atoms with Crippen molar-refractivity contribution >= 4 is 10.9 Å². The summed E-state index contributed by atoms with van der Waals surface area (Å²) in [5.41, 5.74) is 4.80. The third-order valence-electron chi connectivity index (χ3n) is 5.45. The van der Waals surface area contributed by atoms with Crippen LogP contribution in [0.25, 0.3) is 10.9 Å². The molecule has 1 aromatic heterocycles. The van der Waals surface area contributed by atoms with Crippen molar-refractivity contribution < 1.29 is 4.74 Å². The van der Waals surface area contributed by atoms with E-state index in [-0.39, 0.29) is 0 Å². The van der Waals surface area contributed by atoms with Crippen LogP contribution >= 0.6 is 0 Å². The van der Waals surface area contributed by atoms with Crippen molar-refractivity contribution in [1.82, 2.24) is 9.88 Å². The number of benzene rings is 3. The van der Waals surface area contributed by atoms with Crippen LogP contribution in [0.2, 0.25) is 0 Å². The predicted octanol–water partition coefficient (Wildman–Crippen LogP) is 6.05. The smallest absolute Gasteiger partial charge is 0.119 e. The van der Waals surface area contributed by atoms with Crippen LogP contribution < -0.4 is 4.74 Å². The first-order valence-electron chi connectivity index (χ1n) is 10.5. The van der Waals surface area contributed by atoms with Gasteiger partial charge in [-0.3, -0.25) is 9.88 Å². The monoisotopic (exact) mass is 396 g/mol. The second-order valence-electron chi connectivity index (χ2n) is 7.84. The van der Waals surface area contributed by atoms with Gasteiger partial charge in [0, 0.05) is 36.6 Å². The summed E-state index contributed by atoms with van der Waals surface area (Å²) >= 11 is 0. The van der Waals surface area contributed by atoms with Gasteiger partial charge >= 0.3 is 0 Å². The van der Waals surface area contributed by atoms with Crippen LogP contribution in [0.3, 0.4) is 0 Å². The minimum absolute atomic E-state index is 0.323. The van der Waals surface area contributed by atoms with Crippen molar-refractivity contribution in [1.29, 1.82) is 0 Å². The van der Waals surface area contributed by atoms with Gasteiger partial charge < -0.3 is 4.74 Å². The summed E-state index contributed by atoms with van der Waals surface area (Å²) < 4.78 is 5.33. The number of hydrogen-bond acceptors (Lipinski definition) is 3. The largest absolute Gasteiger partial charge is 0.497 e. The van der Waals surface area contributed by atoms with E-state index in [4.69, 9.17) is 9.72 Å². The number of nitrogens with zero attached hydrogens (tertiary/aromatic N) is 2. The van der Waals surface area contributed by atoms with Gasteiger partial charge in [0.2, 0.25) is 0 Å². The van der Waals surface area contributed by atoms with E-state index in [0.29, 0.717) is 5.92 Å². The molecule has 0 aliphatic rings. The van der Waals surface area contributed by atoms with Crippen LogP contribution in [0, 0.1) is 0 Å². The molecule has 3 heteroatoms. The van der Waals surface area contributed by atoms with Crippen LogP contribution in [-0.2, 0) is 13.1 Å². The fourth-order valence-corrected chi connectivity index (χ4v) is 3.87. The molecule has 0 saturated heterocycles. The van der Waals surface area contributed by atoms with Crippen molar-refractivity contribution in [3.63, 3.8) is 0 Å². The summed E-state index contributed by atoms with van der Waals surface area (Å²) in [5, 5.41) is 1.11. The zero-order valence-electron chi connectivity index (χ0n) is 17.7. The van der Waals surface area contributed by atoms with Crippen molar-refractivity contribution in [3.8, 4) is 5.75 Å². The number of aromatic nitrogens is 1. The maximum atomic E-state index is 5.33. The highest BCUT2D eigenvalue weighted by Gasteiger charge is 2.15. The first kappa shape index (κ1) is 20.1. The fraction of sp³-hybridized carbons (Fsp3) is 0.222. The Labute approximate surface area is 179 Å². The van der Waals surface area contributed by atoms with Crippen molar-refractivity contribution in [3.05, 3.63) is 108 Å². The zero-order chi connectivity index (χ0) is 20.8. The molecule has 30 heavy (non-hydrogen) atoms. The Balaban J connectivity index is 1.54. The Morgan fingerprint density at radius 3 is 2.03 bits per heavy atom. The molecule has 0 bridgehead atoms. The van der Waals surface area contributed by atoms with Gasteiger partial charge in [-0.2, -0.15) is 0 Å². The lowest BCUT2D eigenvalue weighted by molar-refractivity contribution is 0.242. The quantitative estimate of drug-likeness (QED) is 0.362. The Hall–Kier alpha value is -3.17. The summed E-state index contributed by atoms with van der Waals surface area (Å²) in [5.74, 6) is 1.19. The van der Waals surface area contributed by atoms with Crippen LogP contribution in [-0.4, -0.2) is 23.5 Å². The SMILES string of the molecule is COc1ccc2nc(C(C)CN(Cc3ccccc3)Cc3ccccc3)ccc2c1. The van der Waals surface area contributed by atoms with Gasteiger partial charge in [-0.1, -0.05) is 73.7 Å². The number of methoxy groups -OCH3 is 1. The molecule has 0 aliphatic carbocycles. The predicted molar refractivity (Wildman–Crippen MR) is 124 cm³/mol. The standard InChI is InChI=1S/C27H28N2O/c1-21(26-15-13-24-17-25(30-2)14-16-27(24)28-26)18-29(19-22-9-5-3-6-10-22)20-23-11-7-4-8-12-23/h3-17,21H,18-20H2,1-2H3. The molecule has 1 unspecified atom stereocenters. The van der Waals surface area contributed by atoms with Crippen LogP contribution in [0.1, 0.15) is 29.7 Å². The third kappa shape index (κ3) is 5.05. The van der Waals surface area contributed by atoms with Crippen LogP contribution in [0.15, 0.2) is 91.0 Å². The van der Waals surface area contributed by atoms with E-state index >= 15 is 0 Å². The lowest BCUT2D eigenvalue weighted by Crippen LogP contribution is -2.27. The third-order valence-corrected chi connectivity index (χ3v) is 5.45. The van der Waals surface area contributed by atoms with E-state index in [0.717, 1.165) is 42.0 Å². The Kier molecular flexibility index (Phi) is 6.41. The van der Waals surface area contributed by atoms with Gasteiger partial charge in [0.15, 0.2) is 0 Å². The second-order valence-corrected chi connectivity index (χ2v) is 7.84. The molecule has 0 amide bonds. The van der Waals surface area contributed by atoms with Crippen LogP contribution in [0.5, 0.6) is 5.75 Å². The molecule has 0 spiro atoms. The van der Waals surface area contributed by atoms with E-state index in [1.807, 2.05) is 18.2 Å². The molecule has 0 saturated carbocycles. The summed E-state index contributed by atoms with van der Waals surface area (Å²) in [4.78, 5) is 7.44. The van der Waals surface area contributed by atoms with Gasteiger partial charge in [0.25, 0.3) is 0 Å². The number of fused-ring (bicyclic) bond motifs is 1. The molecule has 0 N–H and O–H groups in total. The molecule has 0 fully saturated rings. The molecular weight excluding hydrogens is 368 g/mol. The molecular formula is C27H28N2O. The molecule has 0 radical (unpaired) electrons. The van der Waals surface area contributed by atoms with Gasteiger partial charge in [-0.25, -0.2) is 0 Å².